The van der Waals surface area contributed by atoms with Gasteiger partial charge in [-0.05, 0) is 31.9 Å². The van der Waals surface area contributed by atoms with E-state index < -0.39 is 5.00 Å². The van der Waals surface area contributed by atoms with Crippen LogP contribution in [-0.2, 0) is 0 Å². The highest BCUT2D eigenvalue weighted by Crippen LogP contribution is 2.38. The molecule has 35 valence electrons. The van der Waals surface area contributed by atoms with Crippen LogP contribution in [0, 0.1) is 0 Å². The van der Waals surface area contributed by atoms with Gasteiger partial charge in [0.15, 0.2) is 5.00 Å². The van der Waals surface area contributed by atoms with Gasteiger partial charge < -0.3 is 0 Å². The van der Waals surface area contributed by atoms with Crippen molar-refractivity contribution in [2.24, 2.45) is 0 Å². The molecule has 0 aromatic carbocycles. The SMILES string of the molecule is FC1([S])CCC1. The van der Waals surface area contributed by atoms with E-state index in [1.54, 1.807) is 0 Å². The molecule has 0 spiro atoms. The van der Waals surface area contributed by atoms with Crippen LogP contribution in [0.25, 0.3) is 0 Å². The standard InChI is InChI=1S/C4H6FS/c5-4(6)2-1-3-4/h1-3H2. The third kappa shape index (κ3) is 0.672. The molecule has 0 atom stereocenters. The number of alkyl halides is 1. The summed E-state index contributed by atoms with van der Waals surface area (Å²) in [6.45, 7) is 0. The van der Waals surface area contributed by atoms with Gasteiger partial charge >= 0.3 is 0 Å². The minimum atomic E-state index is -1.19. The molecule has 1 radical (unpaired) electrons. The number of rotatable bonds is 0. The van der Waals surface area contributed by atoms with Crippen LogP contribution in [-0.4, -0.2) is 5.00 Å². The lowest BCUT2D eigenvalue weighted by atomic mass is 9.97. The fraction of sp³-hybridized carbons (Fsp3) is 1.00. The van der Waals surface area contributed by atoms with Crippen LogP contribution < -0.4 is 0 Å². The fourth-order valence-electron chi connectivity index (χ4n) is 0.455. The van der Waals surface area contributed by atoms with Crippen molar-refractivity contribution in [1.82, 2.24) is 0 Å². The summed E-state index contributed by atoms with van der Waals surface area (Å²) in [7, 11) is 0. The smallest absolute Gasteiger partial charge is 0.166 e. The van der Waals surface area contributed by atoms with Crippen molar-refractivity contribution in [1.29, 1.82) is 0 Å². The van der Waals surface area contributed by atoms with E-state index in [1.165, 1.54) is 0 Å². The number of hydrogen-bond donors (Lipinski definition) is 0. The maximum Gasteiger partial charge on any atom is 0.166 e. The molecule has 1 fully saturated rings. The average Bonchev–Trinajstić information content (AvgIpc) is 1.32. The second-order valence-corrected chi connectivity index (χ2v) is 2.47. The van der Waals surface area contributed by atoms with Gasteiger partial charge in [0.05, 0.1) is 0 Å². The van der Waals surface area contributed by atoms with Gasteiger partial charge in [-0.25, -0.2) is 4.39 Å². The van der Waals surface area contributed by atoms with E-state index in [-0.39, 0.29) is 0 Å². The fourth-order valence-corrected chi connectivity index (χ4v) is 0.743. The molecule has 1 aliphatic carbocycles. The summed E-state index contributed by atoms with van der Waals surface area (Å²) in [6, 6.07) is 0. The van der Waals surface area contributed by atoms with Crippen LogP contribution in [0.4, 0.5) is 4.39 Å². The Morgan fingerprint density at radius 1 is 1.50 bits per heavy atom. The van der Waals surface area contributed by atoms with Gasteiger partial charge in [-0.3, -0.25) is 0 Å². The summed E-state index contributed by atoms with van der Waals surface area (Å²) in [6.07, 6.45) is 2.19. The molecule has 2 heteroatoms. The minimum absolute atomic E-state index is 0.600. The van der Waals surface area contributed by atoms with E-state index in [0.29, 0.717) is 12.8 Å². The molecule has 0 aromatic heterocycles. The molecule has 6 heavy (non-hydrogen) atoms. The molecule has 1 saturated carbocycles. The van der Waals surface area contributed by atoms with Crippen LogP contribution in [0.3, 0.4) is 0 Å². The van der Waals surface area contributed by atoms with E-state index in [0.717, 1.165) is 6.42 Å². The lowest BCUT2D eigenvalue weighted by Crippen LogP contribution is -2.23. The van der Waals surface area contributed by atoms with Gasteiger partial charge in [-0.1, -0.05) is 0 Å². The first-order valence-electron chi connectivity index (χ1n) is 2.10. The third-order valence-electron chi connectivity index (χ3n) is 1.10. The summed E-state index contributed by atoms with van der Waals surface area (Å²) in [4.78, 5) is 0. The average molecular weight is 105 g/mol. The first kappa shape index (κ1) is 4.44. The molecule has 1 rings (SSSR count). The lowest BCUT2D eigenvalue weighted by molar-refractivity contribution is 0.173. The Bertz CT molecular complexity index is 54.6. The van der Waals surface area contributed by atoms with E-state index in [4.69, 9.17) is 0 Å². The summed E-state index contributed by atoms with van der Waals surface area (Å²) in [5, 5.41) is -1.19. The van der Waals surface area contributed by atoms with Gasteiger partial charge in [0.1, 0.15) is 0 Å². The third-order valence-corrected chi connectivity index (χ3v) is 1.51. The quantitative estimate of drug-likeness (QED) is 0.442. The van der Waals surface area contributed by atoms with Crippen molar-refractivity contribution in [3.05, 3.63) is 0 Å². The zero-order valence-corrected chi connectivity index (χ0v) is 4.22. The highest BCUT2D eigenvalue weighted by molar-refractivity contribution is 7.81. The Balaban J connectivity index is 2.31. The lowest BCUT2D eigenvalue weighted by Gasteiger charge is -2.26. The van der Waals surface area contributed by atoms with E-state index >= 15 is 0 Å². The second kappa shape index (κ2) is 1.12. The molecule has 1 aliphatic rings. The largest absolute Gasteiger partial charge is 0.231 e. The summed E-state index contributed by atoms with van der Waals surface area (Å²) >= 11 is 4.41. The van der Waals surface area contributed by atoms with Crippen molar-refractivity contribution in [3.63, 3.8) is 0 Å². The number of halogens is 1. The van der Waals surface area contributed by atoms with Gasteiger partial charge in [0, 0.05) is 0 Å². The zero-order chi connectivity index (χ0) is 4.62. The molecule has 0 unspecified atom stereocenters. The zero-order valence-electron chi connectivity index (χ0n) is 3.41. The van der Waals surface area contributed by atoms with Crippen molar-refractivity contribution >= 4 is 12.6 Å². The summed E-state index contributed by atoms with van der Waals surface area (Å²) in [5.74, 6) is 0. The van der Waals surface area contributed by atoms with Crippen LogP contribution in [0.1, 0.15) is 19.3 Å². The molecular weight excluding hydrogens is 99.1 g/mol. The molecule has 0 nitrogen and oxygen atoms in total. The van der Waals surface area contributed by atoms with Gasteiger partial charge in [-0.2, -0.15) is 0 Å². The summed E-state index contributed by atoms with van der Waals surface area (Å²) < 4.78 is 12.0. The molecule has 0 saturated heterocycles. The van der Waals surface area contributed by atoms with Crippen LogP contribution in [0.5, 0.6) is 0 Å². The maximum absolute atomic E-state index is 12.0. The van der Waals surface area contributed by atoms with Crippen molar-refractivity contribution < 1.29 is 4.39 Å². The first-order valence-corrected chi connectivity index (χ1v) is 2.51. The summed E-state index contributed by atoms with van der Waals surface area (Å²) in [5.41, 5.74) is 0. The van der Waals surface area contributed by atoms with Gasteiger partial charge in [-0.15, -0.1) is 0 Å². The molecule has 0 N–H and O–H groups in total. The molecule has 0 bridgehead atoms. The Kier molecular flexibility index (Phi) is 0.831. The van der Waals surface area contributed by atoms with Crippen LogP contribution >= 0.6 is 12.6 Å². The minimum Gasteiger partial charge on any atom is -0.231 e. The number of hydrogen-bond acceptors (Lipinski definition) is 0. The van der Waals surface area contributed by atoms with Crippen molar-refractivity contribution in [2.45, 2.75) is 24.3 Å². The van der Waals surface area contributed by atoms with Gasteiger partial charge in [0.25, 0.3) is 0 Å². The van der Waals surface area contributed by atoms with E-state index in [1.807, 2.05) is 0 Å². The van der Waals surface area contributed by atoms with E-state index in [9.17, 15) is 4.39 Å². The molecule has 0 aliphatic heterocycles. The van der Waals surface area contributed by atoms with Gasteiger partial charge in [0.2, 0.25) is 0 Å². The molecule has 0 aromatic rings. The van der Waals surface area contributed by atoms with Crippen LogP contribution in [0.15, 0.2) is 0 Å². The van der Waals surface area contributed by atoms with Crippen LogP contribution in [0.2, 0.25) is 0 Å². The normalized spacial score (nSPS) is 29.0. The second-order valence-electron chi connectivity index (χ2n) is 1.74. The van der Waals surface area contributed by atoms with Crippen molar-refractivity contribution in [2.75, 3.05) is 0 Å². The predicted octanol–water partition coefficient (Wildman–Crippen LogP) is 2.03. The molecule has 0 amide bonds. The van der Waals surface area contributed by atoms with E-state index in [2.05, 4.69) is 12.6 Å². The Morgan fingerprint density at radius 2 is 1.83 bits per heavy atom. The highest BCUT2D eigenvalue weighted by Gasteiger charge is 2.33. The predicted molar refractivity (Wildman–Crippen MR) is 25.3 cm³/mol. The highest BCUT2D eigenvalue weighted by atomic mass is 32.1. The Labute approximate surface area is 42.1 Å². The maximum atomic E-state index is 12.0. The monoisotopic (exact) mass is 105 g/mol. The first-order chi connectivity index (χ1) is 2.71. The molecular formula is C4H6FS. The Hall–Kier alpha value is 0.280. The topological polar surface area (TPSA) is 0 Å². The van der Waals surface area contributed by atoms with Crippen molar-refractivity contribution in [3.8, 4) is 0 Å². The Morgan fingerprint density at radius 3 is 1.83 bits per heavy atom. The molecule has 0 heterocycles.